The van der Waals surface area contributed by atoms with Gasteiger partial charge in [-0.25, -0.2) is 4.79 Å². The van der Waals surface area contributed by atoms with Gasteiger partial charge >= 0.3 is 5.97 Å². The number of benzene rings is 2. The standard InChI is InChI=1S/C35H35N3O8S/c1-34(2)23-15-19(16-31(41)46-38-29(39)9-10-30(38)40)5-7-25(23)36-13-11-27-21(32(34)36)18-22-28(45-27)12-14-37-26-8-6-20(47(42,43)44)17-24(26)35(3,4)33(22)37/h5-8,15,17-18,27-28H,9-14,16H2,1-4H3/p+1. The molecule has 0 radical (unpaired) electrons. The van der Waals surface area contributed by atoms with Crippen molar-refractivity contribution >= 4 is 45.0 Å². The number of fused-ring (bicyclic) bond motifs is 8. The summed E-state index contributed by atoms with van der Waals surface area (Å²) in [5.74, 6) is -1.67. The van der Waals surface area contributed by atoms with E-state index < -0.39 is 38.7 Å². The van der Waals surface area contributed by atoms with Crippen LogP contribution in [0.1, 0.15) is 70.1 Å². The normalized spacial score (nSPS) is 25.2. The molecule has 8 rings (SSSR count). The van der Waals surface area contributed by atoms with Crippen molar-refractivity contribution in [2.75, 3.05) is 18.0 Å². The molecular formula is C35H36N3O8S+. The monoisotopic (exact) mass is 658 g/mol. The molecule has 1 N–H and O–H groups in total. The zero-order valence-electron chi connectivity index (χ0n) is 26.7. The van der Waals surface area contributed by atoms with E-state index in [1.54, 1.807) is 12.1 Å². The Kier molecular flexibility index (Phi) is 6.39. The van der Waals surface area contributed by atoms with E-state index in [2.05, 4.69) is 43.2 Å². The van der Waals surface area contributed by atoms with Gasteiger partial charge in [0.2, 0.25) is 5.69 Å². The minimum absolute atomic E-state index is 0.0464. The van der Waals surface area contributed by atoms with Crippen molar-refractivity contribution in [3.8, 4) is 0 Å². The van der Waals surface area contributed by atoms with Gasteiger partial charge in [0, 0.05) is 65.4 Å². The lowest BCUT2D eigenvalue weighted by Crippen LogP contribution is -2.47. The summed E-state index contributed by atoms with van der Waals surface area (Å²) in [4.78, 5) is 44.0. The Morgan fingerprint density at radius 1 is 1.00 bits per heavy atom. The maximum absolute atomic E-state index is 12.7. The third-order valence-corrected chi connectivity index (χ3v) is 11.5. The molecule has 47 heavy (non-hydrogen) atoms. The summed E-state index contributed by atoms with van der Waals surface area (Å²) in [7, 11) is -4.35. The SMILES string of the molecule is CC1(C)C2=C3C=C4C5=[N+](CCC4OC3CCN2c2ccc(CC(=O)ON3C(=O)CCC3=O)cc21)c1ccc(S(=O)(=O)O)cc1C5(C)C. The van der Waals surface area contributed by atoms with Crippen LogP contribution >= 0.6 is 0 Å². The lowest BCUT2D eigenvalue weighted by molar-refractivity contribution is -0.445. The number of hydroxylamine groups is 2. The molecule has 6 aliphatic heterocycles. The minimum atomic E-state index is -4.35. The zero-order valence-corrected chi connectivity index (χ0v) is 27.5. The van der Waals surface area contributed by atoms with Gasteiger partial charge in [0.05, 0.1) is 28.9 Å². The number of rotatable bonds is 4. The summed E-state index contributed by atoms with van der Waals surface area (Å²) < 4.78 is 42.9. The van der Waals surface area contributed by atoms with Crippen LogP contribution in [0, 0.1) is 0 Å². The molecule has 11 nitrogen and oxygen atoms in total. The van der Waals surface area contributed by atoms with E-state index in [0.29, 0.717) is 5.06 Å². The quantitative estimate of drug-likeness (QED) is 0.294. The summed E-state index contributed by atoms with van der Waals surface area (Å²) >= 11 is 0. The van der Waals surface area contributed by atoms with Crippen molar-refractivity contribution in [3.63, 3.8) is 0 Å². The Hall–Kier alpha value is -4.13. The van der Waals surface area contributed by atoms with Gasteiger partial charge in [-0.1, -0.05) is 26.0 Å². The molecule has 0 aliphatic carbocycles. The van der Waals surface area contributed by atoms with E-state index in [1.165, 1.54) is 6.07 Å². The number of nitrogens with zero attached hydrogens (tertiary/aromatic N) is 3. The first-order valence-corrected chi connectivity index (χ1v) is 17.5. The van der Waals surface area contributed by atoms with Gasteiger partial charge in [-0.2, -0.15) is 13.0 Å². The van der Waals surface area contributed by atoms with E-state index >= 15 is 0 Å². The lowest BCUT2D eigenvalue weighted by Gasteiger charge is -2.42. The largest absolute Gasteiger partial charge is 0.365 e. The molecule has 6 aliphatic rings. The van der Waals surface area contributed by atoms with Crippen LogP contribution in [0.5, 0.6) is 0 Å². The van der Waals surface area contributed by atoms with Crippen molar-refractivity contribution < 1.29 is 41.5 Å². The molecule has 244 valence electrons. The first-order chi connectivity index (χ1) is 22.2. The zero-order chi connectivity index (χ0) is 33.2. The predicted molar refractivity (Wildman–Crippen MR) is 170 cm³/mol. The fourth-order valence-corrected chi connectivity index (χ4v) is 9.05. The highest BCUT2D eigenvalue weighted by Gasteiger charge is 2.54. The van der Waals surface area contributed by atoms with Crippen LogP contribution < -0.4 is 4.90 Å². The number of amides is 2. The molecular weight excluding hydrogens is 622 g/mol. The second-order valence-electron chi connectivity index (χ2n) is 14.2. The third kappa shape index (κ3) is 4.41. The number of allylic oxidation sites excluding steroid dienone is 1. The Bertz CT molecular complexity index is 2020. The Morgan fingerprint density at radius 3 is 2.47 bits per heavy atom. The van der Waals surface area contributed by atoms with Crippen LogP contribution in [0.25, 0.3) is 0 Å². The van der Waals surface area contributed by atoms with Crippen molar-refractivity contribution in [2.24, 2.45) is 0 Å². The molecule has 2 unspecified atom stereocenters. The third-order valence-electron chi connectivity index (χ3n) is 10.6. The van der Waals surface area contributed by atoms with E-state index in [0.717, 1.165) is 76.6 Å². The molecule has 2 amide bonds. The average molecular weight is 659 g/mol. The Morgan fingerprint density at radius 2 is 1.74 bits per heavy atom. The maximum Gasteiger partial charge on any atom is 0.337 e. The van der Waals surface area contributed by atoms with Crippen molar-refractivity contribution in [3.05, 3.63) is 76.0 Å². The Labute approximate surface area is 272 Å². The number of hydrogen-bond acceptors (Lipinski definition) is 8. The van der Waals surface area contributed by atoms with Crippen LogP contribution in [0.4, 0.5) is 11.4 Å². The number of imide groups is 1. The van der Waals surface area contributed by atoms with Gasteiger partial charge in [-0.15, -0.1) is 5.06 Å². The van der Waals surface area contributed by atoms with Gasteiger partial charge in [-0.05, 0) is 55.7 Å². The summed E-state index contributed by atoms with van der Waals surface area (Å²) in [6.07, 6.45) is 3.78. The summed E-state index contributed by atoms with van der Waals surface area (Å²) in [5, 5.41) is 0.582. The Balaban J connectivity index is 1.16. The summed E-state index contributed by atoms with van der Waals surface area (Å²) in [5.41, 5.74) is 8.18. The van der Waals surface area contributed by atoms with Gasteiger partial charge < -0.3 is 14.5 Å². The lowest BCUT2D eigenvalue weighted by atomic mass is 9.74. The molecule has 0 saturated carbocycles. The average Bonchev–Trinajstić information content (AvgIpc) is 3.55. The molecule has 0 bridgehead atoms. The van der Waals surface area contributed by atoms with Gasteiger partial charge in [-0.3, -0.25) is 14.1 Å². The highest BCUT2D eigenvalue weighted by atomic mass is 32.2. The predicted octanol–water partition coefficient (Wildman–Crippen LogP) is 4.01. The smallest absolute Gasteiger partial charge is 0.337 e. The fraction of sp³-hybridized carbons (Fsp3) is 0.429. The highest BCUT2D eigenvalue weighted by Crippen LogP contribution is 2.54. The van der Waals surface area contributed by atoms with Crippen LogP contribution in [0.3, 0.4) is 0 Å². The first-order valence-electron chi connectivity index (χ1n) is 16.0. The number of hydrogen-bond donors (Lipinski definition) is 1. The number of carbonyl (C=O) groups is 3. The molecule has 2 aromatic carbocycles. The molecule has 0 spiro atoms. The van der Waals surface area contributed by atoms with Crippen LogP contribution in [0.15, 0.2) is 64.2 Å². The molecule has 12 heteroatoms. The molecule has 0 aromatic heterocycles. The molecule has 2 aromatic rings. The number of anilines is 1. The number of carbonyl (C=O) groups excluding carboxylic acids is 3. The van der Waals surface area contributed by atoms with Crippen molar-refractivity contribution in [1.29, 1.82) is 0 Å². The van der Waals surface area contributed by atoms with Gasteiger partial charge in [0.1, 0.15) is 0 Å². The van der Waals surface area contributed by atoms with E-state index in [9.17, 15) is 27.4 Å². The summed E-state index contributed by atoms with van der Waals surface area (Å²) in [6.45, 7) is 10.1. The van der Waals surface area contributed by atoms with E-state index in [4.69, 9.17) is 9.57 Å². The van der Waals surface area contributed by atoms with Crippen LogP contribution in [-0.2, 0) is 51.3 Å². The summed E-state index contributed by atoms with van der Waals surface area (Å²) in [6, 6.07) is 10.8. The second-order valence-corrected chi connectivity index (χ2v) is 15.6. The van der Waals surface area contributed by atoms with Crippen molar-refractivity contribution in [2.45, 2.75) is 87.7 Å². The van der Waals surface area contributed by atoms with Crippen molar-refractivity contribution in [1.82, 2.24) is 5.06 Å². The van der Waals surface area contributed by atoms with E-state index in [-0.39, 0.29) is 36.4 Å². The van der Waals surface area contributed by atoms with E-state index in [1.807, 2.05) is 18.2 Å². The van der Waals surface area contributed by atoms with Crippen LogP contribution in [-0.4, -0.2) is 71.4 Å². The van der Waals surface area contributed by atoms with Gasteiger partial charge in [0.25, 0.3) is 21.9 Å². The molecule has 1 fully saturated rings. The topological polar surface area (TPSA) is 134 Å². The molecule has 2 atom stereocenters. The van der Waals surface area contributed by atoms with Gasteiger partial charge in [0.15, 0.2) is 12.3 Å². The highest BCUT2D eigenvalue weighted by molar-refractivity contribution is 7.85. The first kappa shape index (κ1) is 30.2. The number of ether oxygens (including phenoxy) is 1. The minimum Gasteiger partial charge on any atom is -0.365 e. The van der Waals surface area contributed by atoms with Crippen LogP contribution in [0.2, 0.25) is 0 Å². The fourth-order valence-electron chi connectivity index (χ4n) is 8.55. The maximum atomic E-state index is 12.7. The molecule has 6 heterocycles. The molecule has 1 saturated heterocycles. The second kappa shape index (κ2) is 9.94.